The Bertz CT molecular complexity index is 1170. The van der Waals surface area contributed by atoms with Gasteiger partial charge >= 0.3 is 17.9 Å². The van der Waals surface area contributed by atoms with Crippen molar-refractivity contribution in [2.45, 2.75) is 309 Å². The van der Waals surface area contributed by atoms with Crippen molar-refractivity contribution in [2.24, 2.45) is 0 Å². The van der Waals surface area contributed by atoms with Crippen LogP contribution in [0.2, 0.25) is 0 Å². The van der Waals surface area contributed by atoms with Gasteiger partial charge in [0.2, 0.25) is 0 Å². The minimum Gasteiger partial charge on any atom is -0.462 e. The summed E-state index contributed by atoms with van der Waals surface area (Å²) in [6, 6.07) is 0. The molecule has 0 aromatic carbocycles. The number of rotatable bonds is 53. The van der Waals surface area contributed by atoms with Crippen molar-refractivity contribution in [1.29, 1.82) is 0 Å². The molecule has 0 saturated carbocycles. The normalized spacial score (nSPS) is 12.3. The summed E-state index contributed by atoms with van der Waals surface area (Å²) in [6.07, 6.45) is 68.3. The molecular formula is C61H110O6. The molecule has 0 saturated heterocycles. The molecule has 390 valence electrons. The minimum absolute atomic E-state index is 0.0702. The molecule has 6 heteroatoms. The van der Waals surface area contributed by atoms with Crippen LogP contribution < -0.4 is 0 Å². The SMILES string of the molecule is CC/C=C\C/C=C\C/C=C\C/C=C\CCCCCCCCCCCCC(=O)OCC(COC(=O)CCCCCCCCCC)OC(=O)CCCCCCCCCCCCCCCCCCCC. The molecule has 0 aliphatic carbocycles. The molecule has 0 heterocycles. The lowest BCUT2D eigenvalue weighted by Gasteiger charge is -2.18. The Labute approximate surface area is 416 Å². The van der Waals surface area contributed by atoms with E-state index in [0.29, 0.717) is 19.3 Å². The van der Waals surface area contributed by atoms with Gasteiger partial charge in [-0.3, -0.25) is 14.4 Å². The number of hydrogen-bond donors (Lipinski definition) is 0. The number of esters is 3. The maximum absolute atomic E-state index is 12.8. The van der Waals surface area contributed by atoms with E-state index < -0.39 is 6.10 Å². The topological polar surface area (TPSA) is 78.9 Å². The maximum Gasteiger partial charge on any atom is 0.306 e. The molecule has 0 bridgehead atoms. The second-order valence-corrected chi connectivity index (χ2v) is 19.5. The fraction of sp³-hybridized carbons (Fsp3) is 0.820. The van der Waals surface area contributed by atoms with Crippen LogP contribution in [-0.2, 0) is 28.6 Å². The third-order valence-electron chi connectivity index (χ3n) is 12.8. The molecular weight excluding hydrogens is 829 g/mol. The molecule has 0 aliphatic rings. The molecule has 67 heavy (non-hydrogen) atoms. The van der Waals surface area contributed by atoms with Crippen LogP contribution in [0.15, 0.2) is 48.6 Å². The number of carbonyl (C=O) groups is 3. The quantitative estimate of drug-likeness (QED) is 0.0262. The summed E-state index contributed by atoms with van der Waals surface area (Å²) in [5.41, 5.74) is 0. The first kappa shape index (κ1) is 64.4. The van der Waals surface area contributed by atoms with Crippen LogP contribution in [0.5, 0.6) is 0 Å². The standard InChI is InChI=1S/C61H110O6/c1-4-7-10-13-16-19-21-23-25-27-29-30-31-32-33-35-36-38-40-42-45-48-51-54-60(63)66-57-58(56-65-59(62)53-50-47-44-18-15-12-9-6-3)67-61(64)55-52-49-46-43-41-39-37-34-28-26-24-22-20-17-14-11-8-5-2/h7,10,16,19,23,25,29-30,58H,4-6,8-9,11-15,17-18,20-22,24,26-28,31-57H2,1-3H3/b10-7-,19-16-,25-23-,30-29-. The lowest BCUT2D eigenvalue weighted by molar-refractivity contribution is -0.167. The van der Waals surface area contributed by atoms with Gasteiger partial charge in [-0.25, -0.2) is 0 Å². The van der Waals surface area contributed by atoms with Gasteiger partial charge < -0.3 is 14.2 Å². The van der Waals surface area contributed by atoms with Gasteiger partial charge in [0.15, 0.2) is 6.10 Å². The van der Waals surface area contributed by atoms with E-state index in [0.717, 1.165) is 83.5 Å². The Morgan fingerprint density at radius 1 is 0.313 bits per heavy atom. The zero-order valence-corrected chi connectivity index (χ0v) is 44.7. The molecule has 1 unspecified atom stereocenters. The van der Waals surface area contributed by atoms with E-state index in [1.807, 2.05) is 0 Å². The molecule has 0 aromatic rings. The van der Waals surface area contributed by atoms with Gasteiger partial charge in [0.25, 0.3) is 0 Å². The number of ether oxygens (including phenoxy) is 3. The van der Waals surface area contributed by atoms with E-state index in [1.165, 1.54) is 180 Å². The van der Waals surface area contributed by atoms with E-state index in [2.05, 4.69) is 69.4 Å². The van der Waals surface area contributed by atoms with Crippen molar-refractivity contribution in [1.82, 2.24) is 0 Å². The van der Waals surface area contributed by atoms with Crippen LogP contribution in [0.25, 0.3) is 0 Å². The smallest absolute Gasteiger partial charge is 0.306 e. The van der Waals surface area contributed by atoms with Crippen molar-refractivity contribution in [3.8, 4) is 0 Å². The third-order valence-corrected chi connectivity index (χ3v) is 12.8. The second kappa shape index (κ2) is 56.0. The summed E-state index contributed by atoms with van der Waals surface area (Å²) < 4.78 is 16.8. The Hall–Kier alpha value is -2.63. The van der Waals surface area contributed by atoms with Crippen molar-refractivity contribution in [3.63, 3.8) is 0 Å². The van der Waals surface area contributed by atoms with E-state index in [1.54, 1.807) is 0 Å². The van der Waals surface area contributed by atoms with Crippen molar-refractivity contribution < 1.29 is 28.6 Å². The molecule has 0 amide bonds. The number of unbranched alkanes of at least 4 members (excludes halogenated alkanes) is 34. The zero-order valence-electron chi connectivity index (χ0n) is 44.7. The minimum atomic E-state index is -0.769. The molecule has 1 atom stereocenters. The monoisotopic (exact) mass is 939 g/mol. The fourth-order valence-corrected chi connectivity index (χ4v) is 8.49. The van der Waals surface area contributed by atoms with Gasteiger partial charge in [0, 0.05) is 19.3 Å². The van der Waals surface area contributed by atoms with E-state index in [-0.39, 0.29) is 31.1 Å². The first-order valence-electron chi connectivity index (χ1n) is 29.1. The van der Waals surface area contributed by atoms with Crippen LogP contribution in [-0.4, -0.2) is 37.2 Å². The van der Waals surface area contributed by atoms with E-state index in [4.69, 9.17) is 14.2 Å². The molecule has 0 rings (SSSR count). The summed E-state index contributed by atoms with van der Waals surface area (Å²) in [4.78, 5) is 38.0. The van der Waals surface area contributed by atoms with Gasteiger partial charge in [-0.2, -0.15) is 0 Å². The second-order valence-electron chi connectivity index (χ2n) is 19.5. The molecule has 0 N–H and O–H groups in total. The van der Waals surface area contributed by atoms with Crippen LogP contribution in [0, 0.1) is 0 Å². The average Bonchev–Trinajstić information content (AvgIpc) is 3.33. The predicted molar refractivity (Wildman–Crippen MR) is 289 cm³/mol. The predicted octanol–water partition coefficient (Wildman–Crippen LogP) is 19.4. The largest absolute Gasteiger partial charge is 0.462 e. The first-order valence-corrected chi connectivity index (χ1v) is 29.1. The van der Waals surface area contributed by atoms with Gasteiger partial charge in [-0.15, -0.1) is 0 Å². The first-order chi connectivity index (χ1) is 33.0. The lowest BCUT2D eigenvalue weighted by atomic mass is 10.0. The summed E-state index contributed by atoms with van der Waals surface area (Å²) in [5.74, 6) is -0.863. The van der Waals surface area contributed by atoms with Crippen LogP contribution in [0.1, 0.15) is 303 Å². The van der Waals surface area contributed by atoms with Crippen LogP contribution >= 0.6 is 0 Å². The van der Waals surface area contributed by atoms with Crippen LogP contribution in [0.4, 0.5) is 0 Å². The van der Waals surface area contributed by atoms with Gasteiger partial charge in [0.05, 0.1) is 0 Å². The highest BCUT2D eigenvalue weighted by molar-refractivity contribution is 5.71. The summed E-state index contributed by atoms with van der Waals surface area (Å²) in [7, 11) is 0. The summed E-state index contributed by atoms with van der Waals surface area (Å²) in [5, 5.41) is 0. The van der Waals surface area contributed by atoms with E-state index in [9.17, 15) is 14.4 Å². The van der Waals surface area contributed by atoms with Gasteiger partial charge in [0.1, 0.15) is 13.2 Å². The molecule has 0 aromatic heterocycles. The van der Waals surface area contributed by atoms with Gasteiger partial charge in [-0.1, -0.05) is 275 Å². The van der Waals surface area contributed by atoms with E-state index >= 15 is 0 Å². The van der Waals surface area contributed by atoms with Crippen molar-refractivity contribution in [3.05, 3.63) is 48.6 Å². The zero-order chi connectivity index (χ0) is 48.6. The number of allylic oxidation sites excluding steroid dienone is 8. The third kappa shape index (κ3) is 54.2. The average molecular weight is 940 g/mol. The summed E-state index contributed by atoms with van der Waals surface area (Å²) in [6.45, 7) is 6.53. The lowest BCUT2D eigenvalue weighted by Crippen LogP contribution is -2.30. The van der Waals surface area contributed by atoms with Crippen LogP contribution in [0.3, 0.4) is 0 Å². The number of carbonyl (C=O) groups excluding carboxylic acids is 3. The number of hydrogen-bond acceptors (Lipinski definition) is 6. The van der Waals surface area contributed by atoms with Gasteiger partial charge in [-0.05, 0) is 57.8 Å². The highest BCUT2D eigenvalue weighted by Gasteiger charge is 2.19. The Morgan fingerprint density at radius 3 is 0.910 bits per heavy atom. The highest BCUT2D eigenvalue weighted by atomic mass is 16.6. The van der Waals surface area contributed by atoms with Crippen molar-refractivity contribution in [2.75, 3.05) is 13.2 Å². The van der Waals surface area contributed by atoms with Crippen molar-refractivity contribution >= 4 is 17.9 Å². The Balaban J connectivity index is 4.19. The maximum atomic E-state index is 12.8. The molecule has 6 nitrogen and oxygen atoms in total. The Morgan fingerprint density at radius 2 is 0.582 bits per heavy atom. The molecule has 0 spiro atoms. The molecule has 0 fully saturated rings. The molecule has 0 radical (unpaired) electrons. The molecule has 0 aliphatic heterocycles. The highest BCUT2D eigenvalue weighted by Crippen LogP contribution is 2.17. The summed E-state index contributed by atoms with van der Waals surface area (Å²) >= 11 is 0. The Kier molecular flexibility index (Phi) is 53.8. The fourth-order valence-electron chi connectivity index (χ4n) is 8.49.